The van der Waals surface area contributed by atoms with Crippen molar-refractivity contribution in [1.29, 1.82) is 0 Å². The number of hydrogen-bond donors (Lipinski definition) is 1. The van der Waals surface area contributed by atoms with Gasteiger partial charge in [-0.15, -0.1) is 0 Å². The lowest BCUT2D eigenvalue weighted by Gasteiger charge is -2.09. The molecule has 2 aromatic rings. The van der Waals surface area contributed by atoms with Gasteiger partial charge >= 0.3 is 0 Å². The van der Waals surface area contributed by atoms with Crippen molar-refractivity contribution in [3.63, 3.8) is 0 Å². The van der Waals surface area contributed by atoms with Crippen LogP contribution < -0.4 is 10.3 Å². The molecule has 0 bridgehead atoms. The van der Waals surface area contributed by atoms with Crippen molar-refractivity contribution in [2.75, 3.05) is 13.2 Å². The molecule has 2 rings (SSSR count). The Morgan fingerprint density at radius 1 is 1.29 bits per heavy atom. The fraction of sp³-hybridized carbons (Fsp3) is 0.188. The van der Waals surface area contributed by atoms with Crippen LogP contribution in [0.3, 0.4) is 0 Å². The van der Waals surface area contributed by atoms with E-state index < -0.39 is 5.82 Å². The highest BCUT2D eigenvalue weighted by molar-refractivity contribution is 5.40. The summed E-state index contributed by atoms with van der Waals surface area (Å²) in [5, 5.41) is 8.63. The number of rotatable bonds is 4. The Hall–Kier alpha value is -2.58. The summed E-state index contributed by atoms with van der Waals surface area (Å²) in [5.74, 6) is 4.74. The third-order valence-electron chi connectivity index (χ3n) is 2.73. The van der Waals surface area contributed by atoms with Gasteiger partial charge in [0, 0.05) is 17.8 Å². The fourth-order valence-corrected chi connectivity index (χ4v) is 1.73. The van der Waals surface area contributed by atoms with E-state index in [0.29, 0.717) is 12.1 Å². The van der Waals surface area contributed by atoms with Crippen LogP contribution in [0.1, 0.15) is 5.56 Å². The molecule has 1 aromatic heterocycles. The summed E-state index contributed by atoms with van der Waals surface area (Å²) >= 11 is 0. The smallest absolute Gasteiger partial charge is 0.250 e. The van der Waals surface area contributed by atoms with E-state index in [1.54, 1.807) is 18.3 Å². The standard InChI is InChI=1S/C16H14FNO3/c17-14-7-6-13(4-3-10-19)12-15(14)21-11-9-18-8-2-1-5-16(18)20/h1-2,5-8,12,19H,9-11H2. The second-order valence-corrected chi connectivity index (χ2v) is 4.19. The lowest BCUT2D eigenvalue weighted by Crippen LogP contribution is -2.21. The number of benzene rings is 1. The summed E-state index contributed by atoms with van der Waals surface area (Å²) in [5.41, 5.74) is 0.418. The van der Waals surface area contributed by atoms with E-state index in [1.807, 2.05) is 0 Å². The molecule has 0 unspecified atom stereocenters. The molecule has 0 aliphatic rings. The molecule has 21 heavy (non-hydrogen) atoms. The zero-order valence-corrected chi connectivity index (χ0v) is 11.3. The van der Waals surface area contributed by atoms with Gasteiger partial charge in [-0.25, -0.2) is 4.39 Å². The first kappa shape index (κ1) is 14.8. The topological polar surface area (TPSA) is 51.5 Å². The summed E-state index contributed by atoms with van der Waals surface area (Å²) in [6.07, 6.45) is 1.64. The number of ether oxygens (including phenoxy) is 1. The first-order valence-electron chi connectivity index (χ1n) is 6.38. The molecular weight excluding hydrogens is 273 g/mol. The quantitative estimate of drug-likeness (QED) is 0.865. The first-order valence-corrected chi connectivity index (χ1v) is 6.38. The number of pyridine rings is 1. The Labute approximate surface area is 121 Å². The fourth-order valence-electron chi connectivity index (χ4n) is 1.73. The first-order chi connectivity index (χ1) is 10.2. The van der Waals surface area contributed by atoms with Crippen LogP contribution in [0, 0.1) is 17.7 Å². The highest BCUT2D eigenvalue weighted by Gasteiger charge is 2.04. The Balaban J connectivity index is 2.03. The van der Waals surface area contributed by atoms with Crippen LogP contribution in [0.4, 0.5) is 4.39 Å². The maximum atomic E-state index is 13.6. The van der Waals surface area contributed by atoms with Gasteiger partial charge in [-0.3, -0.25) is 4.79 Å². The van der Waals surface area contributed by atoms with Crippen LogP contribution >= 0.6 is 0 Å². The summed E-state index contributed by atoms with van der Waals surface area (Å²) in [7, 11) is 0. The molecule has 1 aromatic carbocycles. The third kappa shape index (κ3) is 4.20. The number of aliphatic hydroxyl groups excluding tert-OH is 1. The van der Waals surface area contributed by atoms with E-state index in [2.05, 4.69) is 11.8 Å². The van der Waals surface area contributed by atoms with Gasteiger partial charge in [0.15, 0.2) is 11.6 Å². The van der Waals surface area contributed by atoms with Crippen molar-refractivity contribution in [3.05, 3.63) is 64.3 Å². The summed E-state index contributed by atoms with van der Waals surface area (Å²) < 4.78 is 20.4. The molecule has 1 heterocycles. The molecule has 0 amide bonds. The van der Waals surface area contributed by atoms with Crippen LogP contribution in [0.15, 0.2) is 47.4 Å². The molecule has 0 aliphatic heterocycles. The van der Waals surface area contributed by atoms with Gasteiger partial charge in [0.2, 0.25) is 0 Å². The van der Waals surface area contributed by atoms with Crippen LogP contribution in [-0.4, -0.2) is 22.9 Å². The Morgan fingerprint density at radius 2 is 2.14 bits per heavy atom. The van der Waals surface area contributed by atoms with E-state index in [-0.39, 0.29) is 24.5 Å². The minimum atomic E-state index is -0.495. The molecule has 0 saturated carbocycles. The molecular formula is C16H14FNO3. The van der Waals surface area contributed by atoms with E-state index in [4.69, 9.17) is 9.84 Å². The number of aliphatic hydroxyl groups is 1. The molecule has 0 spiro atoms. The van der Waals surface area contributed by atoms with Gasteiger partial charge in [0.05, 0.1) is 6.54 Å². The van der Waals surface area contributed by atoms with Gasteiger partial charge < -0.3 is 14.4 Å². The summed E-state index contributed by atoms with van der Waals surface area (Å²) in [6, 6.07) is 9.07. The van der Waals surface area contributed by atoms with Crippen LogP contribution in [0.5, 0.6) is 5.75 Å². The van der Waals surface area contributed by atoms with Crippen LogP contribution in [-0.2, 0) is 6.54 Å². The molecule has 1 N–H and O–H groups in total. The van der Waals surface area contributed by atoms with Crippen molar-refractivity contribution in [2.45, 2.75) is 6.54 Å². The zero-order chi connectivity index (χ0) is 15.1. The minimum Gasteiger partial charge on any atom is -0.489 e. The summed E-state index contributed by atoms with van der Waals surface area (Å²) in [6.45, 7) is 0.230. The van der Waals surface area contributed by atoms with Gasteiger partial charge in [-0.05, 0) is 24.3 Å². The zero-order valence-electron chi connectivity index (χ0n) is 11.3. The molecule has 108 valence electrons. The average molecular weight is 287 g/mol. The Morgan fingerprint density at radius 3 is 2.90 bits per heavy atom. The number of nitrogens with zero attached hydrogens (tertiary/aromatic N) is 1. The summed E-state index contributed by atoms with van der Waals surface area (Å²) in [4.78, 5) is 11.5. The van der Waals surface area contributed by atoms with Crippen molar-refractivity contribution in [2.24, 2.45) is 0 Å². The van der Waals surface area contributed by atoms with Crippen LogP contribution in [0.25, 0.3) is 0 Å². The van der Waals surface area contributed by atoms with E-state index in [1.165, 1.54) is 28.8 Å². The minimum absolute atomic E-state index is 0.0729. The van der Waals surface area contributed by atoms with Crippen molar-refractivity contribution >= 4 is 0 Å². The second-order valence-electron chi connectivity index (χ2n) is 4.19. The normalized spacial score (nSPS) is 9.81. The average Bonchev–Trinajstić information content (AvgIpc) is 2.49. The number of halogens is 1. The molecule has 0 saturated heterocycles. The van der Waals surface area contributed by atoms with E-state index in [9.17, 15) is 9.18 Å². The van der Waals surface area contributed by atoms with E-state index in [0.717, 1.165) is 0 Å². The van der Waals surface area contributed by atoms with E-state index >= 15 is 0 Å². The van der Waals surface area contributed by atoms with Crippen molar-refractivity contribution in [1.82, 2.24) is 4.57 Å². The Kier molecular flexibility index (Phi) is 5.13. The predicted molar refractivity (Wildman–Crippen MR) is 76.6 cm³/mol. The maximum absolute atomic E-state index is 13.6. The van der Waals surface area contributed by atoms with Gasteiger partial charge in [0.25, 0.3) is 5.56 Å². The molecule has 4 nitrogen and oxygen atoms in total. The monoisotopic (exact) mass is 287 g/mol. The van der Waals surface area contributed by atoms with Gasteiger partial charge in [-0.1, -0.05) is 17.9 Å². The highest BCUT2D eigenvalue weighted by atomic mass is 19.1. The lowest BCUT2D eigenvalue weighted by molar-refractivity contribution is 0.282. The van der Waals surface area contributed by atoms with Crippen LogP contribution in [0.2, 0.25) is 0 Å². The molecule has 0 fully saturated rings. The number of hydrogen-bond acceptors (Lipinski definition) is 3. The Bertz CT molecular complexity index is 728. The lowest BCUT2D eigenvalue weighted by atomic mass is 10.2. The van der Waals surface area contributed by atoms with Crippen molar-refractivity contribution in [3.8, 4) is 17.6 Å². The SMILES string of the molecule is O=c1ccccn1CCOc1cc(C#CCO)ccc1F. The van der Waals surface area contributed by atoms with Gasteiger partial charge in [0.1, 0.15) is 13.2 Å². The molecule has 0 atom stereocenters. The second kappa shape index (κ2) is 7.27. The predicted octanol–water partition coefficient (Wildman–Crippen LogP) is 1.41. The largest absolute Gasteiger partial charge is 0.489 e. The number of aromatic nitrogens is 1. The molecule has 0 radical (unpaired) electrons. The maximum Gasteiger partial charge on any atom is 0.250 e. The van der Waals surface area contributed by atoms with Gasteiger partial charge in [-0.2, -0.15) is 0 Å². The molecule has 0 aliphatic carbocycles. The molecule has 5 heteroatoms. The van der Waals surface area contributed by atoms with Crippen molar-refractivity contribution < 1.29 is 14.2 Å². The highest BCUT2D eigenvalue weighted by Crippen LogP contribution is 2.18. The third-order valence-corrected chi connectivity index (χ3v) is 2.73.